The van der Waals surface area contributed by atoms with Crippen molar-refractivity contribution in [3.05, 3.63) is 18.2 Å². The Labute approximate surface area is 128 Å². The molecule has 1 saturated heterocycles. The van der Waals surface area contributed by atoms with Crippen molar-refractivity contribution in [1.29, 1.82) is 0 Å². The molecule has 0 radical (unpaired) electrons. The molecular formula is C18H28N2O. The summed E-state index contributed by atoms with van der Waals surface area (Å²) >= 11 is 0. The maximum absolute atomic E-state index is 6.10. The van der Waals surface area contributed by atoms with Gasteiger partial charge in [0.25, 0.3) is 0 Å². The highest BCUT2D eigenvalue weighted by Crippen LogP contribution is 2.39. The SMILES string of the molecule is CC(C)Oc1cc(N)cc(N2CCC[C@H]3CCCC[C@H]32)c1. The standard InChI is InChI=1S/C18H28N2O/c1-13(2)21-17-11-15(19)10-16(12-17)20-9-5-7-14-6-3-4-8-18(14)20/h10-14,18H,3-9,19H2,1-2H3/t14-,18-/m1/s1. The van der Waals surface area contributed by atoms with Crippen LogP contribution in [0.25, 0.3) is 0 Å². The van der Waals surface area contributed by atoms with Gasteiger partial charge in [-0.05, 0) is 51.5 Å². The van der Waals surface area contributed by atoms with Gasteiger partial charge in [0.15, 0.2) is 0 Å². The molecule has 2 N–H and O–H groups in total. The summed E-state index contributed by atoms with van der Waals surface area (Å²) in [5.74, 6) is 1.78. The molecule has 3 heteroatoms. The van der Waals surface area contributed by atoms with Gasteiger partial charge in [-0.1, -0.05) is 12.8 Å². The van der Waals surface area contributed by atoms with Crippen LogP contribution in [0.1, 0.15) is 52.4 Å². The fourth-order valence-corrected chi connectivity index (χ4v) is 4.06. The van der Waals surface area contributed by atoms with E-state index < -0.39 is 0 Å². The zero-order chi connectivity index (χ0) is 14.8. The molecule has 0 amide bonds. The van der Waals surface area contributed by atoms with Gasteiger partial charge in [0, 0.05) is 36.1 Å². The molecule has 2 fully saturated rings. The maximum atomic E-state index is 6.10. The van der Waals surface area contributed by atoms with Crippen LogP contribution in [0.3, 0.4) is 0 Å². The normalized spacial score (nSPS) is 25.8. The van der Waals surface area contributed by atoms with Crippen molar-refractivity contribution in [2.75, 3.05) is 17.2 Å². The number of ether oxygens (including phenoxy) is 1. The fourth-order valence-electron chi connectivity index (χ4n) is 4.06. The first-order valence-electron chi connectivity index (χ1n) is 8.47. The second kappa shape index (κ2) is 6.17. The van der Waals surface area contributed by atoms with Gasteiger partial charge in [0.2, 0.25) is 0 Å². The van der Waals surface area contributed by atoms with Crippen molar-refractivity contribution >= 4 is 11.4 Å². The van der Waals surface area contributed by atoms with Gasteiger partial charge in [-0.25, -0.2) is 0 Å². The van der Waals surface area contributed by atoms with Gasteiger partial charge < -0.3 is 15.4 Å². The van der Waals surface area contributed by atoms with E-state index in [0.717, 1.165) is 23.9 Å². The van der Waals surface area contributed by atoms with Crippen LogP contribution in [-0.4, -0.2) is 18.7 Å². The van der Waals surface area contributed by atoms with Gasteiger partial charge in [-0.2, -0.15) is 0 Å². The largest absolute Gasteiger partial charge is 0.491 e. The van der Waals surface area contributed by atoms with Crippen LogP contribution in [0.2, 0.25) is 0 Å². The minimum absolute atomic E-state index is 0.184. The Hall–Kier alpha value is -1.38. The van der Waals surface area contributed by atoms with E-state index in [1.807, 2.05) is 6.07 Å². The number of piperidine rings is 1. The summed E-state index contributed by atoms with van der Waals surface area (Å²) in [6, 6.07) is 6.93. The van der Waals surface area contributed by atoms with Crippen molar-refractivity contribution in [2.24, 2.45) is 5.92 Å². The first kappa shape index (κ1) is 14.6. The summed E-state index contributed by atoms with van der Waals surface area (Å²) in [6.45, 7) is 5.27. The molecule has 0 unspecified atom stereocenters. The highest BCUT2D eigenvalue weighted by Gasteiger charge is 2.33. The lowest BCUT2D eigenvalue weighted by Gasteiger charge is -2.45. The van der Waals surface area contributed by atoms with Crippen LogP contribution in [0.15, 0.2) is 18.2 Å². The third-order valence-corrected chi connectivity index (χ3v) is 4.86. The Morgan fingerprint density at radius 3 is 2.67 bits per heavy atom. The average molecular weight is 288 g/mol. The Balaban J connectivity index is 1.85. The van der Waals surface area contributed by atoms with Crippen LogP contribution in [0.4, 0.5) is 11.4 Å². The summed E-state index contributed by atoms with van der Waals surface area (Å²) in [5, 5.41) is 0. The van der Waals surface area contributed by atoms with E-state index in [9.17, 15) is 0 Å². The van der Waals surface area contributed by atoms with Crippen molar-refractivity contribution < 1.29 is 4.74 Å². The zero-order valence-electron chi connectivity index (χ0n) is 13.3. The number of nitrogens with zero attached hydrogens (tertiary/aromatic N) is 1. The second-order valence-corrected chi connectivity index (χ2v) is 6.87. The molecule has 0 bridgehead atoms. The minimum Gasteiger partial charge on any atom is -0.491 e. The van der Waals surface area contributed by atoms with Gasteiger partial charge in [-0.15, -0.1) is 0 Å². The van der Waals surface area contributed by atoms with E-state index in [1.54, 1.807) is 0 Å². The molecule has 2 atom stereocenters. The van der Waals surface area contributed by atoms with Gasteiger partial charge in [-0.3, -0.25) is 0 Å². The molecule has 1 aliphatic carbocycles. The van der Waals surface area contributed by atoms with E-state index in [-0.39, 0.29) is 6.10 Å². The molecule has 3 nitrogen and oxygen atoms in total. The van der Waals surface area contributed by atoms with Crippen LogP contribution in [0, 0.1) is 5.92 Å². The fraction of sp³-hybridized carbons (Fsp3) is 0.667. The number of nitrogen functional groups attached to an aromatic ring is 1. The zero-order valence-corrected chi connectivity index (χ0v) is 13.3. The average Bonchev–Trinajstić information content (AvgIpc) is 2.45. The highest BCUT2D eigenvalue weighted by atomic mass is 16.5. The van der Waals surface area contributed by atoms with E-state index in [1.165, 1.54) is 44.2 Å². The van der Waals surface area contributed by atoms with Crippen LogP contribution >= 0.6 is 0 Å². The molecule has 0 spiro atoms. The maximum Gasteiger partial charge on any atom is 0.123 e. The quantitative estimate of drug-likeness (QED) is 0.847. The Kier molecular flexibility index (Phi) is 4.27. The van der Waals surface area contributed by atoms with E-state index in [0.29, 0.717) is 6.04 Å². The van der Waals surface area contributed by atoms with E-state index >= 15 is 0 Å². The number of benzene rings is 1. The summed E-state index contributed by atoms with van der Waals surface area (Å²) in [6.07, 6.45) is 8.40. The molecule has 0 aromatic heterocycles. The van der Waals surface area contributed by atoms with Gasteiger partial charge in [0.1, 0.15) is 5.75 Å². The number of rotatable bonds is 3. The van der Waals surface area contributed by atoms with Crippen molar-refractivity contribution in [2.45, 2.75) is 64.5 Å². The lowest BCUT2D eigenvalue weighted by Crippen LogP contribution is -2.46. The summed E-state index contributed by atoms with van der Waals surface area (Å²) < 4.78 is 5.86. The predicted octanol–water partition coefficient (Wildman–Crippen LogP) is 4.22. The first-order valence-corrected chi connectivity index (χ1v) is 8.47. The number of hydrogen-bond donors (Lipinski definition) is 1. The van der Waals surface area contributed by atoms with Crippen molar-refractivity contribution in [1.82, 2.24) is 0 Å². The summed E-state index contributed by atoms with van der Waals surface area (Å²) in [5.41, 5.74) is 8.16. The molecule has 1 aromatic rings. The molecule has 116 valence electrons. The molecule has 1 aliphatic heterocycles. The highest BCUT2D eigenvalue weighted by molar-refractivity contribution is 5.61. The number of hydrogen-bond acceptors (Lipinski definition) is 3. The molecule has 1 aromatic carbocycles. The van der Waals surface area contributed by atoms with Crippen LogP contribution in [-0.2, 0) is 0 Å². The molecular weight excluding hydrogens is 260 g/mol. The lowest BCUT2D eigenvalue weighted by molar-refractivity contribution is 0.238. The third-order valence-electron chi connectivity index (χ3n) is 4.86. The van der Waals surface area contributed by atoms with E-state index in [4.69, 9.17) is 10.5 Å². The second-order valence-electron chi connectivity index (χ2n) is 6.87. The third kappa shape index (κ3) is 3.28. The summed E-state index contributed by atoms with van der Waals surface area (Å²) in [4.78, 5) is 2.59. The molecule has 3 rings (SSSR count). The van der Waals surface area contributed by atoms with Gasteiger partial charge >= 0.3 is 0 Å². The summed E-state index contributed by atoms with van der Waals surface area (Å²) in [7, 11) is 0. The molecule has 21 heavy (non-hydrogen) atoms. The van der Waals surface area contributed by atoms with Crippen molar-refractivity contribution in [3.63, 3.8) is 0 Å². The molecule has 1 heterocycles. The topological polar surface area (TPSA) is 38.5 Å². The number of anilines is 2. The molecule has 1 saturated carbocycles. The Bertz CT molecular complexity index is 484. The number of fused-ring (bicyclic) bond motifs is 1. The smallest absolute Gasteiger partial charge is 0.123 e. The molecule has 2 aliphatic rings. The van der Waals surface area contributed by atoms with Crippen molar-refractivity contribution in [3.8, 4) is 5.75 Å². The van der Waals surface area contributed by atoms with Gasteiger partial charge in [0.05, 0.1) is 6.10 Å². The van der Waals surface area contributed by atoms with Crippen LogP contribution in [0.5, 0.6) is 5.75 Å². The lowest BCUT2D eigenvalue weighted by atomic mass is 9.78. The van der Waals surface area contributed by atoms with E-state index in [2.05, 4.69) is 30.9 Å². The monoisotopic (exact) mass is 288 g/mol. The Morgan fingerprint density at radius 1 is 1.10 bits per heavy atom. The Morgan fingerprint density at radius 2 is 1.86 bits per heavy atom. The predicted molar refractivity (Wildman–Crippen MR) is 88.9 cm³/mol. The first-order chi connectivity index (χ1) is 10.1. The number of nitrogens with two attached hydrogens (primary N) is 1. The minimum atomic E-state index is 0.184. The van der Waals surface area contributed by atoms with Crippen LogP contribution < -0.4 is 15.4 Å².